The zero-order valence-electron chi connectivity index (χ0n) is 11.3. The first kappa shape index (κ1) is 12.5. The van der Waals surface area contributed by atoms with Gasteiger partial charge in [0, 0.05) is 18.0 Å². The molecule has 3 aromatic rings. The molecule has 0 amide bonds. The number of aromatic nitrogens is 5. The summed E-state index contributed by atoms with van der Waals surface area (Å²) in [6, 6.07) is 12.1. The molecule has 0 atom stereocenters. The molecule has 100 valence electrons. The highest BCUT2D eigenvalue weighted by molar-refractivity contribution is 5.53. The van der Waals surface area contributed by atoms with E-state index in [1.54, 1.807) is 17.2 Å². The molecule has 3 rings (SSSR count). The fraction of sp³-hybridized carbons (Fsp3) is 0.200. The highest BCUT2D eigenvalue weighted by Crippen LogP contribution is 2.14. The minimum atomic E-state index is 0.666. The fourth-order valence-electron chi connectivity index (χ4n) is 1.93. The van der Waals surface area contributed by atoms with E-state index in [1.165, 1.54) is 11.1 Å². The van der Waals surface area contributed by atoms with Crippen molar-refractivity contribution in [2.75, 3.05) is 0 Å². The van der Waals surface area contributed by atoms with E-state index in [2.05, 4.69) is 27.3 Å². The molecule has 0 aliphatic heterocycles. The molecule has 1 aromatic carbocycles. The molecule has 0 aliphatic rings. The van der Waals surface area contributed by atoms with Gasteiger partial charge in [-0.05, 0) is 36.3 Å². The lowest BCUT2D eigenvalue weighted by molar-refractivity contribution is 0.522. The normalized spacial score (nSPS) is 10.7. The van der Waals surface area contributed by atoms with Crippen molar-refractivity contribution in [1.82, 2.24) is 25.2 Å². The van der Waals surface area contributed by atoms with Crippen LogP contribution in [0.2, 0.25) is 0 Å². The third kappa shape index (κ3) is 2.88. The minimum Gasteiger partial charge on any atom is -0.265 e. The summed E-state index contributed by atoms with van der Waals surface area (Å²) < 4.78 is 0. The van der Waals surface area contributed by atoms with E-state index in [-0.39, 0.29) is 0 Å². The molecule has 0 radical (unpaired) electrons. The van der Waals surface area contributed by atoms with Crippen molar-refractivity contribution in [3.05, 3.63) is 59.9 Å². The number of tetrazole rings is 1. The molecule has 0 aliphatic carbocycles. The molecule has 0 saturated carbocycles. The number of benzene rings is 1. The Bertz CT molecular complexity index is 673. The van der Waals surface area contributed by atoms with Crippen LogP contribution in [0.1, 0.15) is 11.1 Å². The van der Waals surface area contributed by atoms with Crippen LogP contribution in [0.3, 0.4) is 0 Å². The fourth-order valence-corrected chi connectivity index (χ4v) is 1.93. The largest absolute Gasteiger partial charge is 0.265 e. The average Bonchev–Trinajstić information content (AvgIpc) is 2.96. The predicted octanol–water partition coefficient (Wildman–Crippen LogP) is 2.29. The maximum absolute atomic E-state index is 4.40. The van der Waals surface area contributed by atoms with E-state index in [1.807, 2.05) is 36.4 Å². The molecular weight excluding hydrogens is 250 g/mol. The van der Waals surface area contributed by atoms with E-state index in [0.717, 1.165) is 12.0 Å². The summed E-state index contributed by atoms with van der Waals surface area (Å²) in [5.74, 6) is 0.666. The number of hydrogen-bond donors (Lipinski definition) is 0. The zero-order chi connectivity index (χ0) is 13.8. The summed E-state index contributed by atoms with van der Waals surface area (Å²) in [6.45, 7) is 2.77. The van der Waals surface area contributed by atoms with Gasteiger partial charge in [0.25, 0.3) is 0 Å². The zero-order valence-corrected chi connectivity index (χ0v) is 11.3. The minimum absolute atomic E-state index is 0.666. The topological polar surface area (TPSA) is 56.5 Å². The Morgan fingerprint density at radius 3 is 2.50 bits per heavy atom. The van der Waals surface area contributed by atoms with Crippen LogP contribution < -0.4 is 0 Å². The number of nitrogens with zero attached hydrogens (tertiary/aromatic N) is 5. The Hall–Kier alpha value is -2.56. The lowest BCUT2D eigenvalue weighted by Crippen LogP contribution is -2.05. The van der Waals surface area contributed by atoms with Gasteiger partial charge >= 0.3 is 0 Å². The van der Waals surface area contributed by atoms with E-state index >= 15 is 0 Å². The van der Waals surface area contributed by atoms with Gasteiger partial charge in [0.2, 0.25) is 5.82 Å². The van der Waals surface area contributed by atoms with Crippen LogP contribution in [0.15, 0.2) is 48.8 Å². The monoisotopic (exact) mass is 265 g/mol. The van der Waals surface area contributed by atoms with Gasteiger partial charge in [-0.1, -0.05) is 29.8 Å². The number of hydrogen-bond acceptors (Lipinski definition) is 4. The van der Waals surface area contributed by atoms with Gasteiger partial charge in [-0.2, -0.15) is 4.80 Å². The molecule has 0 spiro atoms. The van der Waals surface area contributed by atoms with Gasteiger partial charge in [-0.3, -0.25) is 4.98 Å². The Balaban J connectivity index is 1.69. The first-order valence-corrected chi connectivity index (χ1v) is 6.55. The highest BCUT2D eigenvalue weighted by Gasteiger charge is 2.05. The second-order valence-corrected chi connectivity index (χ2v) is 4.68. The second-order valence-electron chi connectivity index (χ2n) is 4.68. The predicted molar refractivity (Wildman–Crippen MR) is 75.9 cm³/mol. The first-order valence-electron chi connectivity index (χ1n) is 6.55. The van der Waals surface area contributed by atoms with Crippen molar-refractivity contribution < 1.29 is 0 Å². The maximum Gasteiger partial charge on any atom is 0.204 e. The quantitative estimate of drug-likeness (QED) is 0.726. The van der Waals surface area contributed by atoms with Crippen molar-refractivity contribution in [2.24, 2.45) is 0 Å². The Labute approximate surface area is 117 Å². The lowest BCUT2D eigenvalue weighted by Gasteiger charge is -1.99. The molecule has 0 unspecified atom stereocenters. The summed E-state index contributed by atoms with van der Waals surface area (Å²) in [6.07, 6.45) is 4.45. The van der Waals surface area contributed by atoms with Crippen molar-refractivity contribution in [2.45, 2.75) is 19.9 Å². The summed E-state index contributed by atoms with van der Waals surface area (Å²) in [5.41, 5.74) is 3.43. The number of pyridine rings is 1. The smallest absolute Gasteiger partial charge is 0.204 e. The van der Waals surface area contributed by atoms with Crippen molar-refractivity contribution in [3.63, 3.8) is 0 Å². The molecule has 5 nitrogen and oxygen atoms in total. The molecule has 2 aromatic heterocycles. The molecule has 0 fully saturated rings. The van der Waals surface area contributed by atoms with E-state index in [0.29, 0.717) is 12.4 Å². The van der Waals surface area contributed by atoms with Gasteiger partial charge in [0.1, 0.15) is 0 Å². The molecule has 0 bridgehead atoms. The molecular formula is C15H15N5. The van der Waals surface area contributed by atoms with Gasteiger partial charge in [0.05, 0.1) is 6.54 Å². The molecule has 0 saturated heterocycles. The van der Waals surface area contributed by atoms with Crippen molar-refractivity contribution >= 4 is 0 Å². The summed E-state index contributed by atoms with van der Waals surface area (Å²) >= 11 is 0. The Morgan fingerprint density at radius 2 is 1.75 bits per heavy atom. The van der Waals surface area contributed by atoms with Crippen LogP contribution >= 0.6 is 0 Å². The highest BCUT2D eigenvalue weighted by atomic mass is 15.6. The maximum atomic E-state index is 4.40. The molecule has 20 heavy (non-hydrogen) atoms. The van der Waals surface area contributed by atoms with Crippen LogP contribution in [-0.4, -0.2) is 25.2 Å². The molecule has 0 N–H and O–H groups in total. The average molecular weight is 265 g/mol. The van der Waals surface area contributed by atoms with Crippen LogP contribution in [0.4, 0.5) is 0 Å². The van der Waals surface area contributed by atoms with Crippen LogP contribution in [0, 0.1) is 6.92 Å². The summed E-state index contributed by atoms with van der Waals surface area (Å²) in [5, 5.41) is 12.6. The van der Waals surface area contributed by atoms with Gasteiger partial charge in [0.15, 0.2) is 0 Å². The third-order valence-corrected chi connectivity index (χ3v) is 3.11. The molecule has 5 heteroatoms. The van der Waals surface area contributed by atoms with Crippen molar-refractivity contribution in [3.8, 4) is 11.4 Å². The number of rotatable bonds is 4. The van der Waals surface area contributed by atoms with Crippen LogP contribution in [0.25, 0.3) is 11.4 Å². The molecule has 2 heterocycles. The second kappa shape index (κ2) is 5.61. The van der Waals surface area contributed by atoms with Crippen molar-refractivity contribution in [1.29, 1.82) is 0 Å². The van der Waals surface area contributed by atoms with Gasteiger partial charge in [-0.15, -0.1) is 10.2 Å². The number of aryl methyl sites for hydroxylation is 3. The van der Waals surface area contributed by atoms with E-state index in [9.17, 15) is 0 Å². The third-order valence-electron chi connectivity index (χ3n) is 3.11. The van der Waals surface area contributed by atoms with Gasteiger partial charge in [-0.25, -0.2) is 0 Å². The summed E-state index contributed by atoms with van der Waals surface area (Å²) in [4.78, 5) is 5.64. The van der Waals surface area contributed by atoms with E-state index < -0.39 is 0 Å². The Morgan fingerprint density at radius 1 is 1.00 bits per heavy atom. The summed E-state index contributed by atoms with van der Waals surface area (Å²) in [7, 11) is 0. The Kier molecular flexibility index (Phi) is 3.50. The van der Waals surface area contributed by atoms with Gasteiger partial charge < -0.3 is 0 Å². The lowest BCUT2D eigenvalue weighted by atomic mass is 10.1. The van der Waals surface area contributed by atoms with E-state index in [4.69, 9.17) is 0 Å². The standard InChI is InChI=1S/C15H15N5/c1-12-2-4-14(5-3-12)15-17-19-20(18-15)11-8-13-6-9-16-10-7-13/h2-7,9-10H,8,11H2,1H3. The first-order chi connectivity index (χ1) is 9.81. The SMILES string of the molecule is Cc1ccc(-c2nnn(CCc3ccncc3)n2)cc1. The van der Waals surface area contributed by atoms with Crippen LogP contribution in [-0.2, 0) is 13.0 Å². The van der Waals surface area contributed by atoms with Crippen LogP contribution in [0.5, 0.6) is 0 Å².